The molecule has 1 aromatic carbocycles. The smallest absolute Gasteiger partial charge is 0.187 e. The van der Waals surface area contributed by atoms with E-state index in [2.05, 4.69) is 10.3 Å². The molecule has 1 aromatic heterocycles. The van der Waals surface area contributed by atoms with E-state index in [4.69, 9.17) is 4.74 Å². The SMILES string of the molecule is O[C@@H]1CCCC[C@H]1Oc1ccc(Nc2nccs2)cc1. The first-order chi connectivity index (χ1) is 9.81. The molecule has 2 N–H and O–H groups in total. The Balaban J connectivity index is 1.61. The lowest BCUT2D eigenvalue weighted by Crippen LogP contribution is -2.34. The van der Waals surface area contributed by atoms with Crippen molar-refractivity contribution in [3.8, 4) is 5.75 Å². The number of rotatable bonds is 4. The maximum absolute atomic E-state index is 9.91. The summed E-state index contributed by atoms with van der Waals surface area (Å²) in [7, 11) is 0. The Morgan fingerprint density at radius 2 is 2.00 bits per heavy atom. The van der Waals surface area contributed by atoms with Crippen LogP contribution >= 0.6 is 11.3 Å². The minimum absolute atomic E-state index is 0.0680. The molecule has 0 bridgehead atoms. The lowest BCUT2D eigenvalue weighted by Gasteiger charge is -2.28. The number of hydrogen-bond donors (Lipinski definition) is 2. The van der Waals surface area contributed by atoms with E-state index < -0.39 is 0 Å². The number of thiazole rings is 1. The number of ether oxygens (including phenoxy) is 1. The van der Waals surface area contributed by atoms with Crippen molar-refractivity contribution >= 4 is 22.2 Å². The number of aliphatic hydroxyl groups is 1. The van der Waals surface area contributed by atoms with E-state index in [1.165, 1.54) is 0 Å². The molecule has 1 fully saturated rings. The van der Waals surface area contributed by atoms with E-state index in [0.29, 0.717) is 0 Å². The summed E-state index contributed by atoms with van der Waals surface area (Å²) < 4.78 is 5.87. The highest BCUT2D eigenvalue weighted by Crippen LogP contribution is 2.26. The van der Waals surface area contributed by atoms with E-state index in [1.54, 1.807) is 17.5 Å². The maximum atomic E-state index is 9.91. The van der Waals surface area contributed by atoms with Crippen LogP contribution in [0.4, 0.5) is 10.8 Å². The number of nitrogens with one attached hydrogen (secondary N) is 1. The van der Waals surface area contributed by atoms with Crippen molar-refractivity contribution in [1.29, 1.82) is 0 Å². The van der Waals surface area contributed by atoms with Gasteiger partial charge in [0.25, 0.3) is 0 Å². The number of aliphatic hydroxyl groups excluding tert-OH is 1. The van der Waals surface area contributed by atoms with E-state index in [9.17, 15) is 5.11 Å². The molecule has 4 nitrogen and oxygen atoms in total. The van der Waals surface area contributed by atoms with Crippen molar-refractivity contribution in [2.24, 2.45) is 0 Å². The van der Waals surface area contributed by atoms with Gasteiger partial charge in [-0.2, -0.15) is 0 Å². The average molecular weight is 290 g/mol. The molecule has 0 amide bonds. The highest BCUT2D eigenvalue weighted by molar-refractivity contribution is 7.13. The monoisotopic (exact) mass is 290 g/mol. The predicted octanol–water partition coefficient (Wildman–Crippen LogP) is 3.57. The van der Waals surface area contributed by atoms with Crippen molar-refractivity contribution in [3.63, 3.8) is 0 Å². The molecule has 0 spiro atoms. The fourth-order valence-electron chi connectivity index (χ4n) is 2.42. The third-order valence-corrected chi connectivity index (χ3v) is 4.18. The third kappa shape index (κ3) is 3.29. The number of anilines is 2. The topological polar surface area (TPSA) is 54.4 Å². The van der Waals surface area contributed by atoms with Gasteiger partial charge in [0.15, 0.2) is 5.13 Å². The number of aromatic nitrogens is 1. The zero-order valence-corrected chi connectivity index (χ0v) is 12.0. The minimum atomic E-state index is -0.336. The summed E-state index contributed by atoms with van der Waals surface area (Å²) in [5.41, 5.74) is 0.983. The molecular weight excluding hydrogens is 272 g/mol. The first-order valence-corrected chi connectivity index (χ1v) is 7.80. The highest BCUT2D eigenvalue weighted by Gasteiger charge is 2.24. The Bertz CT molecular complexity index is 527. The quantitative estimate of drug-likeness (QED) is 0.904. The Morgan fingerprint density at radius 1 is 1.20 bits per heavy atom. The molecule has 1 heterocycles. The summed E-state index contributed by atoms with van der Waals surface area (Å²) in [6.07, 6.45) is 5.37. The van der Waals surface area contributed by atoms with Gasteiger partial charge in [-0.1, -0.05) is 6.42 Å². The fourth-order valence-corrected chi connectivity index (χ4v) is 2.96. The van der Waals surface area contributed by atoms with Crippen LogP contribution in [0.1, 0.15) is 25.7 Å². The van der Waals surface area contributed by atoms with Crippen LogP contribution in [0.3, 0.4) is 0 Å². The lowest BCUT2D eigenvalue weighted by molar-refractivity contribution is 0.00688. The summed E-state index contributed by atoms with van der Waals surface area (Å²) in [6, 6.07) is 7.78. The van der Waals surface area contributed by atoms with E-state index in [-0.39, 0.29) is 12.2 Å². The maximum Gasteiger partial charge on any atom is 0.187 e. The standard InChI is InChI=1S/C15H18N2O2S/c18-13-3-1-2-4-14(13)19-12-7-5-11(6-8-12)17-15-16-9-10-20-15/h5-10,13-14,18H,1-4H2,(H,16,17)/t13-,14-/m1/s1. The average Bonchev–Trinajstić information content (AvgIpc) is 2.96. The van der Waals surface area contributed by atoms with Gasteiger partial charge in [-0.25, -0.2) is 4.98 Å². The van der Waals surface area contributed by atoms with Crippen molar-refractivity contribution in [2.45, 2.75) is 37.9 Å². The largest absolute Gasteiger partial charge is 0.488 e. The lowest BCUT2D eigenvalue weighted by atomic mass is 9.95. The zero-order chi connectivity index (χ0) is 13.8. The Labute approximate surface area is 122 Å². The summed E-state index contributed by atoms with van der Waals surface area (Å²) >= 11 is 1.56. The molecule has 0 saturated heterocycles. The van der Waals surface area contributed by atoms with Crippen LogP contribution in [-0.2, 0) is 0 Å². The van der Waals surface area contributed by atoms with Crippen LogP contribution in [0.25, 0.3) is 0 Å². The van der Waals surface area contributed by atoms with E-state index >= 15 is 0 Å². The molecule has 2 atom stereocenters. The van der Waals surface area contributed by atoms with Crippen LogP contribution in [0, 0.1) is 0 Å². The molecule has 2 aromatic rings. The van der Waals surface area contributed by atoms with Crippen LogP contribution in [0.15, 0.2) is 35.8 Å². The first-order valence-electron chi connectivity index (χ1n) is 6.92. The number of nitrogens with zero attached hydrogens (tertiary/aromatic N) is 1. The van der Waals surface area contributed by atoms with Gasteiger partial charge in [0.2, 0.25) is 0 Å². The van der Waals surface area contributed by atoms with Crippen LogP contribution in [0.2, 0.25) is 0 Å². The van der Waals surface area contributed by atoms with Crippen molar-refractivity contribution in [2.75, 3.05) is 5.32 Å². The second-order valence-electron chi connectivity index (χ2n) is 4.99. The second kappa shape index (κ2) is 6.24. The van der Waals surface area contributed by atoms with Gasteiger partial charge in [-0.05, 0) is 43.5 Å². The van der Waals surface area contributed by atoms with Crippen LogP contribution in [-0.4, -0.2) is 22.3 Å². The highest BCUT2D eigenvalue weighted by atomic mass is 32.1. The fraction of sp³-hybridized carbons (Fsp3) is 0.400. The first kappa shape index (κ1) is 13.4. The molecule has 1 aliphatic rings. The van der Waals surface area contributed by atoms with Gasteiger partial charge in [0.1, 0.15) is 11.9 Å². The Morgan fingerprint density at radius 3 is 2.70 bits per heavy atom. The van der Waals surface area contributed by atoms with Gasteiger partial charge >= 0.3 is 0 Å². The molecule has 0 aliphatic heterocycles. The number of benzene rings is 1. The molecular formula is C15H18N2O2S. The summed E-state index contributed by atoms with van der Waals surface area (Å²) in [5.74, 6) is 0.806. The summed E-state index contributed by atoms with van der Waals surface area (Å²) in [5, 5.41) is 15.9. The van der Waals surface area contributed by atoms with Gasteiger partial charge < -0.3 is 15.2 Å². The molecule has 1 saturated carbocycles. The minimum Gasteiger partial charge on any atom is -0.488 e. The zero-order valence-electron chi connectivity index (χ0n) is 11.2. The molecule has 1 aliphatic carbocycles. The summed E-state index contributed by atoms with van der Waals surface area (Å²) in [4.78, 5) is 4.18. The predicted molar refractivity (Wildman–Crippen MR) is 80.7 cm³/mol. The Hall–Kier alpha value is -1.59. The summed E-state index contributed by atoms with van der Waals surface area (Å²) in [6.45, 7) is 0. The normalized spacial score (nSPS) is 22.4. The molecule has 20 heavy (non-hydrogen) atoms. The molecule has 0 unspecified atom stereocenters. The second-order valence-corrected chi connectivity index (χ2v) is 5.89. The van der Waals surface area contributed by atoms with Gasteiger partial charge in [0.05, 0.1) is 6.10 Å². The van der Waals surface area contributed by atoms with Crippen molar-refractivity contribution in [1.82, 2.24) is 4.98 Å². The van der Waals surface area contributed by atoms with Gasteiger partial charge in [0, 0.05) is 17.3 Å². The van der Waals surface area contributed by atoms with E-state index in [0.717, 1.165) is 42.3 Å². The van der Waals surface area contributed by atoms with E-state index in [1.807, 2.05) is 29.6 Å². The third-order valence-electron chi connectivity index (χ3n) is 3.49. The molecule has 106 valence electrons. The molecule has 5 heteroatoms. The van der Waals surface area contributed by atoms with Crippen molar-refractivity contribution < 1.29 is 9.84 Å². The van der Waals surface area contributed by atoms with Gasteiger partial charge in [-0.15, -0.1) is 11.3 Å². The molecule has 0 radical (unpaired) electrons. The molecule has 3 rings (SSSR count). The Kier molecular flexibility index (Phi) is 4.18. The number of hydrogen-bond acceptors (Lipinski definition) is 5. The van der Waals surface area contributed by atoms with Gasteiger partial charge in [-0.3, -0.25) is 0 Å². The van der Waals surface area contributed by atoms with Crippen LogP contribution in [0.5, 0.6) is 5.75 Å². The van der Waals surface area contributed by atoms with Crippen LogP contribution < -0.4 is 10.1 Å². The van der Waals surface area contributed by atoms with Crippen molar-refractivity contribution in [3.05, 3.63) is 35.8 Å².